The van der Waals surface area contributed by atoms with Crippen LogP contribution >= 0.6 is 22.9 Å². The monoisotopic (exact) mass is 263 g/mol. The Morgan fingerprint density at radius 2 is 2.25 bits per heavy atom. The van der Waals surface area contributed by atoms with Gasteiger partial charge in [0.15, 0.2) is 0 Å². The van der Waals surface area contributed by atoms with Crippen molar-refractivity contribution >= 4 is 39.9 Å². The number of nitrogens with one attached hydrogen (secondary N) is 1. The molecule has 0 spiro atoms. The fourth-order valence-electron chi connectivity index (χ4n) is 0.864. The van der Waals surface area contributed by atoms with Crippen LogP contribution in [0, 0.1) is 0 Å². The summed E-state index contributed by atoms with van der Waals surface area (Å²) in [5, 5.41) is 10.7. The van der Waals surface area contributed by atoms with Crippen molar-refractivity contribution in [2.24, 2.45) is 0 Å². The minimum absolute atomic E-state index is 0.0578. The molecule has 0 aliphatic heterocycles. The zero-order valence-electron chi connectivity index (χ0n) is 8.53. The van der Waals surface area contributed by atoms with E-state index in [1.54, 1.807) is 6.92 Å². The van der Waals surface area contributed by atoms with E-state index in [4.69, 9.17) is 16.3 Å². The average Bonchev–Trinajstić information content (AvgIpc) is 2.65. The number of nitrogens with zero attached hydrogens (tertiary/aromatic N) is 2. The van der Waals surface area contributed by atoms with Gasteiger partial charge in [-0.15, -0.1) is 21.8 Å². The number of amides is 1. The van der Waals surface area contributed by atoms with Crippen molar-refractivity contribution in [2.75, 3.05) is 17.8 Å². The molecule has 0 saturated carbocycles. The number of hydrogen-bond acceptors (Lipinski definition) is 6. The van der Waals surface area contributed by atoms with Gasteiger partial charge < -0.3 is 4.74 Å². The third-order valence-corrected chi connectivity index (χ3v) is 2.52. The molecule has 0 fully saturated rings. The van der Waals surface area contributed by atoms with Gasteiger partial charge in [0.25, 0.3) is 0 Å². The van der Waals surface area contributed by atoms with Crippen LogP contribution < -0.4 is 5.32 Å². The first-order valence-corrected chi connectivity index (χ1v) is 5.84. The molecule has 1 aromatic heterocycles. The van der Waals surface area contributed by atoms with Gasteiger partial charge in [0.05, 0.1) is 13.0 Å². The Morgan fingerprint density at radius 1 is 1.50 bits per heavy atom. The second-order valence-electron chi connectivity index (χ2n) is 2.66. The molecule has 0 radical (unpaired) electrons. The molecule has 1 amide bonds. The lowest BCUT2D eigenvalue weighted by Gasteiger charge is -1.97. The summed E-state index contributed by atoms with van der Waals surface area (Å²) >= 11 is 6.42. The lowest BCUT2D eigenvalue weighted by Crippen LogP contribution is -2.12. The Balaban J connectivity index is 2.51. The van der Waals surface area contributed by atoms with Crippen molar-refractivity contribution in [3.8, 4) is 0 Å². The summed E-state index contributed by atoms with van der Waals surface area (Å²) in [4.78, 5) is 22.0. The van der Waals surface area contributed by atoms with Crippen molar-refractivity contribution in [2.45, 2.75) is 13.3 Å². The first-order valence-electron chi connectivity index (χ1n) is 4.49. The molecule has 0 bridgehead atoms. The number of anilines is 1. The van der Waals surface area contributed by atoms with Crippen LogP contribution in [-0.2, 0) is 20.7 Å². The summed E-state index contributed by atoms with van der Waals surface area (Å²) < 4.78 is 4.75. The molecule has 1 rings (SSSR count). The summed E-state index contributed by atoms with van der Waals surface area (Å²) in [5.41, 5.74) is 0. The Labute approximate surface area is 101 Å². The van der Waals surface area contributed by atoms with E-state index in [-0.39, 0.29) is 24.2 Å². The van der Waals surface area contributed by atoms with Gasteiger partial charge in [-0.05, 0) is 6.92 Å². The summed E-state index contributed by atoms with van der Waals surface area (Å²) in [6.45, 7) is 2.05. The average molecular weight is 264 g/mol. The maximum absolute atomic E-state index is 11.1. The number of ether oxygens (including phenoxy) is 1. The molecule has 1 N–H and O–H groups in total. The van der Waals surface area contributed by atoms with Gasteiger partial charge in [0, 0.05) is 0 Å². The van der Waals surface area contributed by atoms with Crippen LogP contribution in [0.1, 0.15) is 11.9 Å². The highest BCUT2D eigenvalue weighted by Gasteiger charge is 2.11. The van der Waals surface area contributed by atoms with Crippen molar-refractivity contribution in [1.82, 2.24) is 10.2 Å². The smallest absolute Gasteiger partial charge is 0.312 e. The van der Waals surface area contributed by atoms with Crippen LogP contribution in [0.5, 0.6) is 0 Å². The predicted octanol–water partition coefficient (Wildman–Crippen LogP) is 0.821. The SMILES string of the molecule is CCOC(=O)Cc1nnc(NC(=O)CCl)s1. The van der Waals surface area contributed by atoms with Gasteiger partial charge in [-0.2, -0.15) is 0 Å². The summed E-state index contributed by atoms with van der Waals surface area (Å²) in [6.07, 6.45) is 0.0578. The van der Waals surface area contributed by atoms with E-state index >= 15 is 0 Å². The minimum Gasteiger partial charge on any atom is -0.466 e. The van der Waals surface area contributed by atoms with E-state index in [9.17, 15) is 9.59 Å². The highest BCUT2D eigenvalue weighted by Crippen LogP contribution is 2.15. The highest BCUT2D eigenvalue weighted by atomic mass is 35.5. The van der Waals surface area contributed by atoms with Crippen LogP contribution in [0.25, 0.3) is 0 Å². The molecule has 16 heavy (non-hydrogen) atoms. The Bertz CT molecular complexity index is 382. The van der Waals surface area contributed by atoms with Gasteiger partial charge in [0.1, 0.15) is 10.9 Å². The van der Waals surface area contributed by atoms with Crippen molar-refractivity contribution < 1.29 is 14.3 Å². The Morgan fingerprint density at radius 3 is 2.88 bits per heavy atom. The number of hydrogen-bond donors (Lipinski definition) is 1. The molecule has 0 saturated heterocycles. The van der Waals surface area contributed by atoms with Gasteiger partial charge in [-0.25, -0.2) is 0 Å². The van der Waals surface area contributed by atoms with E-state index in [0.717, 1.165) is 11.3 Å². The van der Waals surface area contributed by atoms with Crippen molar-refractivity contribution in [3.63, 3.8) is 0 Å². The van der Waals surface area contributed by atoms with E-state index in [0.29, 0.717) is 16.7 Å². The lowest BCUT2D eigenvalue weighted by atomic mass is 10.5. The number of carbonyl (C=O) groups excluding carboxylic acids is 2. The first-order chi connectivity index (χ1) is 7.65. The number of esters is 1. The fourth-order valence-corrected chi connectivity index (χ4v) is 1.67. The number of rotatable bonds is 5. The van der Waals surface area contributed by atoms with E-state index in [1.807, 2.05) is 0 Å². The molecule has 0 atom stereocenters. The molecule has 0 aromatic carbocycles. The van der Waals surface area contributed by atoms with Crippen LogP contribution in [0.15, 0.2) is 0 Å². The number of halogens is 1. The number of carbonyl (C=O) groups is 2. The van der Waals surface area contributed by atoms with E-state index in [2.05, 4.69) is 15.5 Å². The fraction of sp³-hybridized carbons (Fsp3) is 0.500. The minimum atomic E-state index is -0.367. The molecule has 8 heteroatoms. The quantitative estimate of drug-likeness (QED) is 0.628. The first kappa shape index (κ1) is 12.9. The maximum Gasteiger partial charge on any atom is 0.312 e. The molecule has 1 aromatic rings. The summed E-state index contributed by atoms with van der Waals surface area (Å²) in [7, 11) is 0. The second kappa shape index (κ2) is 6.39. The Hall–Kier alpha value is -1.21. The van der Waals surface area contributed by atoms with Gasteiger partial charge >= 0.3 is 5.97 Å². The normalized spacial score (nSPS) is 9.88. The topological polar surface area (TPSA) is 81.2 Å². The molecular weight excluding hydrogens is 254 g/mol. The van der Waals surface area contributed by atoms with Crippen LogP contribution in [0.4, 0.5) is 5.13 Å². The number of alkyl halides is 1. The third kappa shape index (κ3) is 4.11. The molecular formula is C8H10ClN3O3S. The lowest BCUT2D eigenvalue weighted by molar-refractivity contribution is -0.142. The van der Waals surface area contributed by atoms with E-state index < -0.39 is 0 Å². The molecule has 0 unspecified atom stereocenters. The van der Waals surface area contributed by atoms with Crippen molar-refractivity contribution in [3.05, 3.63) is 5.01 Å². The van der Waals surface area contributed by atoms with Gasteiger partial charge in [0.2, 0.25) is 11.0 Å². The van der Waals surface area contributed by atoms with Crippen LogP contribution in [0.3, 0.4) is 0 Å². The molecule has 1 heterocycles. The standard InChI is InChI=1S/C8H10ClN3O3S/c1-2-15-7(14)3-6-11-12-8(16-6)10-5(13)4-9/h2-4H2,1H3,(H,10,12,13). The number of aromatic nitrogens is 2. The van der Waals surface area contributed by atoms with Gasteiger partial charge in [-0.3, -0.25) is 14.9 Å². The zero-order valence-corrected chi connectivity index (χ0v) is 10.1. The molecule has 6 nitrogen and oxygen atoms in total. The zero-order chi connectivity index (χ0) is 12.0. The maximum atomic E-state index is 11.1. The molecule has 0 aliphatic rings. The third-order valence-electron chi connectivity index (χ3n) is 1.44. The van der Waals surface area contributed by atoms with Crippen molar-refractivity contribution in [1.29, 1.82) is 0 Å². The van der Waals surface area contributed by atoms with E-state index in [1.165, 1.54) is 0 Å². The molecule has 0 aliphatic carbocycles. The predicted molar refractivity (Wildman–Crippen MR) is 59.6 cm³/mol. The largest absolute Gasteiger partial charge is 0.466 e. The van der Waals surface area contributed by atoms with Gasteiger partial charge in [-0.1, -0.05) is 11.3 Å². The second-order valence-corrected chi connectivity index (χ2v) is 3.99. The molecule has 88 valence electrons. The summed E-state index contributed by atoms with van der Waals surface area (Å²) in [6, 6.07) is 0. The highest BCUT2D eigenvalue weighted by molar-refractivity contribution is 7.15. The van der Waals surface area contributed by atoms with Crippen LogP contribution in [0.2, 0.25) is 0 Å². The summed E-state index contributed by atoms with van der Waals surface area (Å²) in [5.74, 6) is -0.873. The van der Waals surface area contributed by atoms with Crippen LogP contribution in [-0.4, -0.2) is 34.6 Å². The Kier molecular flexibility index (Phi) is 5.13.